The van der Waals surface area contributed by atoms with Crippen molar-refractivity contribution >= 4 is 11.8 Å². The second-order valence-corrected chi connectivity index (χ2v) is 4.22. The number of benzene rings is 1. The molecular formula is C15H15NO5. The molecule has 0 radical (unpaired) electrons. The minimum absolute atomic E-state index is 0.276. The molecule has 1 heterocycles. The standard InChI is InChI=1S/C15H15NO5/c1-19-11-4-9(5-12(7-11)20-2)14(17)13-6-10(8-16-13)15(18)21-3/h4-8,16H,1-3H3. The van der Waals surface area contributed by atoms with Crippen molar-refractivity contribution in [3.63, 3.8) is 0 Å². The zero-order valence-corrected chi connectivity index (χ0v) is 11.9. The monoisotopic (exact) mass is 289 g/mol. The molecule has 0 amide bonds. The van der Waals surface area contributed by atoms with Crippen LogP contribution in [-0.2, 0) is 4.74 Å². The summed E-state index contributed by atoms with van der Waals surface area (Å²) in [6.45, 7) is 0. The van der Waals surface area contributed by atoms with Crippen LogP contribution in [0.5, 0.6) is 11.5 Å². The molecule has 0 bridgehead atoms. The van der Waals surface area contributed by atoms with E-state index in [1.54, 1.807) is 18.2 Å². The highest BCUT2D eigenvalue weighted by Crippen LogP contribution is 2.24. The lowest BCUT2D eigenvalue weighted by Crippen LogP contribution is -2.03. The third-order valence-electron chi connectivity index (χ3n) is 2.96. The summed E-state index contributed by atoms with van der Waals surface area (Å²) in [4.78, 5) is 26.6. The number of ketones is 1. The number of hydrogen-bond donors (Lipinski definition) is 1. The number of aromatic nitrogens is 1. The predicted molar refractivity (Wildman–Crippen MR) is 75.1 cm³/mol. The average Bonchev–Trinajstić information content (AvgIpc) is 3.02. The minimum Gasteiger partial charge on any atom is -0.497 e. The van der Waals surface area contributed by atoms with Crippen LogP contribution in [0, 0.1) is 0 Å². The van der Waals surface area contributed by atoms with E-state index in [9.17, 15) is 9.59 Å². The molecule has 0 saturated heterocycles. The number of rotatable bonds is 5. The fourth-order valence-electron chi connectivity index (χ4n) is 1.86. The van der Waals surface area contributed by atoms with Gasteiger partial charge in [0.15, 0.2) is 0 Å². The number of esters is 1. The summed E-state index contributed by atoms with van der Waals surface area (Å²) in [6, 6.07) is 6.32. The van der Waals surface area contributed by atoms with Crippen molar-refractivity contribution in [3.8, 4) is 11.5 Å². The van der Waals surface area contributed by atoms with E-state index in [2.05, 4.69) is 9.72 Å². The van der Waals surface area contributed by atoms with Crippen LogP contribution in [-0.4, -0.2) is 38.1 Å². The lowest BCUT2D eigenvalue weighted by molar-refractivity contribution is 0.0601. The van der Waals surface area contributed by atoms with Crippen LogP contribution in [0.15, 0.2) is 30.5 Å². The zero-order valence-electron chi connectivity index (χ0n) is 11.9. The lowest BCUT2D eigenvalue weighted by Gasteiger charge is -2.07. The van der Waals surface area contributed by atoms with E-state index in [-0.39, 0.29) is 17.0 Å². The normalized spacial score (nSPS) is 10.0. The third-order valence-corrected chi connectivity index (χ3v) is 2.96. The Morgan fingerprint density at radius 1 is 0.905 bits per heavy atom. The molecule has 1 aromatic carbocycles. The van der Waals surface area contributed by atoms with Gasteiger partial charge in [0.2, 0.25) is 5.78 Å². The first-order valence-corrected chi connectivity index (χ1v) is 6.13. The highest BCUT2D eigenvalue weighted by molar-refractivity contribution is 6.09. The highest BCUT2D eigenvalue weighted by Gasteiger charge is 2.16. The lowest BCUT2D eigenvalue weighted by atomic mass is 10.1. The number of carbonyl (C=O) groups is 2. The molecule has 1 aromatic heterocycles. The van der Waals surface area contributed by atoms with Gasteiger partial charge in [-0.2, -0.15) is 0 Å². The Kier molecular flexibility index (Phi) is 4.27. The number of nitrogens with one attached hydrogen (secondary N) is 1. The Morgan fingerprint density at radius 3 is 2.05 bits per heavy atom. The first-order chi connectivity index (χ1) is 10.1. The van der Waals surface area contributed by atoms with Crippen molar-refractivity contribution in [3.05, 3.63) is 47.3 Å². The second-order valence-electron chi connectivity index (χ2n) is 4.22. The van der Waals surface area contributed by atoms with Gasteiger partial charge in [0.05, 0.1) is 32.6 Å². The molecule has 0 aliphatic rings. The largest absolute Gasteiger partial charge is 0.497 e. The Balaban J connectivity index is 2.35. The van der Waals surface area contributed by atoms with Gasteiger partial charge in [-0.3, -0.25) is 4.79 Å². The van der Waals surface area contributed by atoms with Gasteiger partial charge >= 0.3 is 5.97 Å². The smallest absolute Gasteiger partial charge is 0.339 e. The van der Waals surface area contributed by atoms with Crippen molar-refractivity contribution in [2.24, 2.45) is 0 Å². The molecule has 2 aromatic rings. The minimum atomic E-state index is -0.506. The van der Waals surface area contributed by atoms with E-state index >= 15 is 0 Å². The van der Waals surface area contributed by atoms with Gasteiger partial charge < -0.3 is 19.2 Å². The fraction of sp³-hybridized carbons (Fsp3) is 0.200. The van der Waals surface area contributed by atoms with Crippen LogP contribution in [0.25, 0.3) is 0 Å². The van der Waals surface area contributed by atoms with E-state index < -0.39 is 5.97 Å². The summed E-state index contributed by atoms with van der Waals surface area (Å²) < 4.78 is 14.9. The molecule has 110 valence electrons. The van der Waals surface area contributed by atoms with Gasteiger partial charge in [-0.1, -0.05) is 0 Å². The number of aromatic amines is 1. The van der Waals surface area contributed by atoms with Crippen molar-refractivity contribution < 1.29 is 23.8 Å². The molecule has 0 atom stereocenters. The van der Waals surface area contributed by atoms with E-state index in [1.807, 2.05) is 0 Å². The van der Waals surface area contributed by atoms with Crippen molar-refractivity contribution in [1.29, 1.82) is 0 Å². The quantitative estimate of drug-likeness (QED) is 0.673. The van der Waals surface area contributed by atoms with Gasteiger partial charge in [-0.15, -0.1) is 0 Å². The second kappa shape index (κ2) is 6.13. The van der Waals surface area contributed by atoms with Gasteiger partial charge in [0.25, 0.3) is 0 Å². The molecule has 1 N–H and O–H groups in total. The van der Waals surface area contributed by atoms with Gasteiger partial charge in [-0.05, 0) is 18.2 Å². The molecule has 0 unspecified atom stereocenters. The number of ether oxygens (including phenoxy) is 3. The molecule has 6 heteroatoms. The molecule has 2 rings (SSSR count). The predicted octanol–water partition coefficient (Wildman–Crippen LogP) is 2.05. The summed E-state index contributed by atoms with van der Waals surface area (Å²) in [7, 11) is 4.30. The SMILES string of the molecule is COC(=O)c1c[nH]c(C(=O)c2cc(OC)cc(OC)c2)c1. The van der Waals surface area contributed by atoms with E-state index in [1.165, 1.54) is 33.6 Å². The summed E-state index contributed by atoms with van der Waals surface area (Å²) in [5.74, 6) is 0.241. The van der Waals surface area contributed by atoms with Gasteiger partial charge in [0.1, 0.15) is 11.5 Å². The Bertz CT molecular complexity index is 652. The van der Waals surface area contributed by atoms with Crippen molar-refractivity contribution in [2.45, 2.75) is 0 Å². The molecule has 0 aliphatic carbocycles. The van der Waals surface area contributed by atoms with Gasteiger partial charge in [0, 0.05) is 17.8 Å². The number of carbonyl (C=O) groups excluding carboxylic acids is 2. The van der Waals surface area contributed by atoms with E-state index in [4.69, 9.17) is 9.47 Å². The number of methoxy groups -OCH3 is 3. The molecule has 21 heavy (non-hydrogen) atoms. The number of H-pyrrole nitrogens is 1. The molecular weight excluding hydrogens is 274 g/mol. The van der Waals surface area contributed by atoms with Crippen LogP contribution < -0.4 is 9.47 Å². The van der Waals surface area contributed by atoms with Crippen LogP contribution in [0.1, 0.15) is 26.4 Å². The van der Waals surface area contributed by atoms with E-state index in [0.717, 1.165) is 0 Å². The zero-order chi connectivity index (χ0) is 15.4. The van der Waals surface area contributed by atoms with Crippen LogP contribution in [0.2, 0.25) is 0 Å². The summed E-state index contributed by atoms with van der Waals surface area (Å²) in [5, 5.41) is 0. The van der Waals surface area contributed by atoms with Crippen LogP contribution >= 0.6 is 0 Å². The van der Waals surface area contributed by atoms with Crippen molar-refractivity contribution in [1.82, 2.24) is 4.98 Å². The first-order valence-electron chi connectivity index (χ1n) is 6.13. The van der Waals surface area contributed by atoms with Crippen LogP contribution in [0.3, 0.4) is 0 Å². The first kappa shape index (κ1) is 14.6. The maximum absolute atomic E-state index is 12.4. The maximum atomic E-state index is 12.4. The number of hydrogen-bond acceptors (Lipinski definition) is 5. The summed E-state index contributed by atoms with van der Waals surface area (Å²) in [5.41, 5.74) is 0.964. The Morgan fingerprint density at radius 2 is 1.52 bits per heavy atom. The topological polar surface area (TPSA) is 77.6 Å². The maximum Gasteiger partial charge on any atom is 0.339 e. The molecule has 6 nitrogen and oxygen atoms in total. The molecule has 0 spiro atoms. The summed E-state index contributed by atoms with van der Waals surface area (Å²) in [6.07, 6.45) is 1.43. The Labute approximate surface area is 121 Å². The molecule has 0 fully saturated rings. The Hall–Kier alpha value is -2.76. The van der Waals surface area contributed by atoms with E-state index in [0.29, 0.717) is 17.1 Å². The third kappa shape index (κ3) is 3.05. The summed E-state index contributed by atoms with van der Waals surface area (Å²) >= 11 is 0. The molecule has 0 saturated carbocycles. The van der Waals surface area contributed by atoms with Crippen LogP contribution in [0.4, 0.5) is 0 Å². The van der Waals surface area contributed by atoms with Crippen molar-refractivity contribution in [2.75, 3.05) is 21.3 Å². The highest BCUT2D eigenvalue weighted by atomic mass is 16.5. The average molecular weight is 289 g/mol. The van der Waals surface area contributed by atoms with Gasteiger partial charge in [-0.25, -0.2) is 4.79 Å². The molecule has 0 aliphatic heterocycles. The fourth-order valence-corrected chi connectivity index (χ4v) is 1.86.